The molecule has 0 N–H and O–H groups in total. The molecule has 2 nitrogen and oxygen atoms in total. The first-order chi connectivity index (χ1) is 10.1. The number of aliphatic imine (C=N–C) groups is 1. The third-order valence-electron chi connectivity index (χ3n) is 2.21. The van der Waals surface area contributed by atoms with Crippen LogP contribution >= 0.6 is 0 Å². The monoisotopic (exact) mass is 289 g/mol. The van der Waals surface area contributed by atoms with E-state index in [2.05, 4.69) is 30.0 Å². The molecule has 0 rings (SSSR count). The SMILES string of the molecule is C=C/C=C(/C=O)CC=NC(=C)C(/C=C\CF)=C(\F)C#CC. The van der Waals surface area contributed by atoms with Gasteiger partial charge in [0.1, 0.15) is 13.0 Å². The zero-order valence-corrected chi connectivity index (χ0v) is 11.9. The molecule has 110 valence electrons. The Morgan fingerprint density at radius 1 is 1.43 bits per heavy atom. The van der Waals surface area contributed by atoms with Crippen LogP contribution < -0.4 is 0 Å². The fraction of sp³-hybridized carbons (Fsp3) is 0.176. The second kappa shape index (κ2) is 11.3. The molecular formula is C17H17F2NO. The van der Waals surface area contributed by atoms with Gasteiger partial charge in [-0.05, 0) is 18.4 Å². The van der Waals surface area contributed by atoms with Crippen LogP contribution in [-0.4, -0.2) is 19.2 Å². The normalized spacial score (nSPS) is 12.8. The quantitative estimate of drug-likeness (QED) is 0.218. The van der Waals surface area contributed by atoms with Crippen molar-refractivity contribution >= 4 is 12.5 Å². The van der Waals surface area contributed by atoms with E-state index in [4.69, 9.17) is 0 Å². The topological polar surface area (TPSA) is 29.4 Å². The average Bonchev–Trinajstić information content (AvgIpc) is 2.47. The first kappa shape index (κ1) is 18.5. The van der Waals surface area contributed by atoms with E-state index in [-0.39, 0.29) is 17.7 Å². The molecule has 0 aliphatic heterocycles. The molecule has 0 aromatic rings. The largest absolute Gasteiger partial charge is 0.298 e. The van der Waals surface area contributed by atoms with Crippen LogP contribution in [-0.2, 0) is 4.79 Å². The molecule has 0 unspecified atom stereocenters. The fourth-order valence-electron chi connectivity index (χ4n) is 1.27. The highest BCUT2D eigenvalue weighted by Gasteiger charge is 2.04. The minimum Gasteiger partial charge on any atom is -0.298 e. The van der Waals surface area contributed by atoms with Gasteiger partial charge >= 0.3 is 0 Å². The molecule has 0 saturated heterocycles. The molecule has 0 aliphatic rings. The van der Waals surface area contributed by atoms with Crippen molar-refractivity contribution in [3.63, 3.8) is 0 Å². The number of hydrogen-bond donors (Lipinski definition) is 0. The molecule has 0 saturated carbocycles. The van der Waals surface area contributed by atoms with Crippen LogP contribution in [0.1, 0.15) is 13.3 Å². The summed E-state index contributed by atoms with van der Waals surface area (Å²) < 4.78 is 25.9. The molecule has 0 atom stereocenters. The first-order valence-corrected chi connectivity index (χ1v) is 6.14. The Kier molecular flexibility index (Phi) is 9.93. The maximum absolute atomic E-state index is 13.7. The summed E-state index contributed by atoms with van der Waals surface area (Å²) in [7, 11) is 0. The van der Waals surface area contributed by atoms with Crippen molar-refractivity contribution in [3.8, 4) is 11.8 Å². The van der Waals surface area contributed by atoms with Gasteiger partial charge in [0.25, 0.3) is 0 Å². The van der Waals surface area contributed by atoms with Crippen molar-refractivity contribution in [1.82, 2.24) is 0 Å². The molecule has 4 heteroatoms. The number of halogens is 2. The number of rotatable bonds is 8. The zero-order chi connectivity index (χ0) is 16.1. The molecule has 0 fully saturated rings. The molecule has 0 spiro atoms. The van der Waals surface area contributed by atoms with Gasteiger partial charge in [-0.3, -0.25) is 9.79 Å². The van der Waals surface area contributed by atoms with Crippen LogP contribution in [0.3, 0.4) is 0 Å². The standard InChI is InChI=1S/C17H17F2NO/c1-4-7-15(13-21)10-12-20-14(3)16(9-6-11-18)17(19)8-5-2/h4,6-7,9,12-13H,1,3,10-11H2,2H3/b9-6-,15-7+,17-16-,20-12?. The lowest BCUT2D eigenvalue weighted by molar-refractivity contribution is -0.104. The van der Waals surface area contributed by atoms with E-state index < -0.39 is 12.5 Å². The van der Waals surface area contributed by atoms with Crippen molar-refractivity contribution in [2.75, 3.05) is 6.67 Å². The van der Waals surface area contributed by atoms with Gasteiger partial charge in [-0.25, -0.2) is 4.39 Å². The number of allylic oxidation sites excluding steroid dienone is 6. The molecule has 0 aromatic heterocycles. The van der Waals surface area contributed by atoms with Crippen molar-refractivity contribution in [3.05, 3.63) is 60.1 Å². The lowest BCUT2D eigenvalue weighted by atomic mass is 10.1. The molecule has 0 aliphatic carbocycles. The van der Waals surface area contributed by atoms with Crippen LogP contribution in [0.2, 0.25) is 0 Å². The highest BCUT2D eigenvalue weighted by Crippen LogP contribution is 2.17. The first-order valence-electron chi connectivity index (χ1n) is 6.14. The van der Waals surface area contributed by atoms with E-state index in [0.717, 1.165) is 6.08 Å². The molecule has 0 bridgehead atoms. The fourth-order valence-corrected chi connectivity index (χ4v) is 1.27. The van der Waals surface area contributed by atoms with E-state index in [1.165, 1.54) is 25.3 Å². The second-order valence-electron chi connectivity index (χ2n) is 3.72. The van der Waals surface area contributed by atoms with E-state index in [0.29, 0.717) is 11.9 Å². The molecule has 21 heavy (non-hydrogen) atoms. The minimum absolute atomic E-state index is 0.0126. The Bertz CT molecular complexity index is 569. The zero-order valence-electron chi connectivity index (χ0n) is 11.9. The van der Waals surface area contributed by atoms with Gasteiger partial charge in [0.15, 0.2) is 5.83 Å². The third kappa shape index (κ3) is 7.58. The van der Waals surface area contributed by atoms with Crippen LogP contribution in [0, 0.1) is 11.8 Å². The number of nitrogens with zero attached hydrogens (tertiary/aromatic N) is 1. The number of aldehydes is 1. The Hall–Kier alpha value is -2.54. The maximum atomic E-state index is 13.7. The average molecular weight is 289 g/mol. The molecular weight excluding hydrogens is 272 g/mol. The summed E-state index contributed by atoms with van der Waals surface area (Å²) in [5.74, 6) is 3.91. The van der Waals surface area contributed by atoms with E-state index >= 15 is 0 Å². The summed E-state index contributed by atoms with van der Waals surface area (Å²) >= 11 is 0. The van der Waals surface area contributed by atoms with Gasteiger partial charge in [-0.1, -0.05) is 43.4 Å². The number of carbonyl (C=O) groups excluding carboxylic acids is 1. The molecule has 0 amide bonds. The van der Waals surface area contributed by atoms with Crippen LogP contribution in [0.5, 0.6) is 0 Å². The molecule has 0 aromatic carbocycles. The maximum Gasteiger partial charge on any atom is 0.182 e. The number of carbonyl (C=O) groups is 1. The Morgan fingerprint density at radius 3 is 2.67 bits per heavy atom. The third-order valence-corrected chi connectivity index (χ3v) is 2.21. The van der Waals surface area contributed by atoms with Gasteiger partial charge in [0.05, 0.1) is 5.70 Å². The van der Waals surface area contributed by atoms with E-state index in [1.807, 2.05) is 0 Å². The number of hydrogen-bond acceptors (Lipinski definition) is 2. The van der Waals surface area contributed by atoms with Crippen molar-refractivity contribution in [2.24, 2.45) is 4.99 Å². The van der Waals surface area contributed by atoms with Gasteiger partial charge in [0.2, 0.25) is 0 Å². The second-order valence-corrected chi connectivity index (χ2v) is 3.72. The van der Waals surface area contributed by atoms with Crippen LogP contribution in [0.25, 0.3) is 0 Å². The summed E-state index contributed by atoms with van der Waals surface area (Å²) in [4.78, 5) is 14.7. The van der Waals surface area contributed by atoms with Gasteiger partial charge in [-0.2, -0.15) is 4.39 Å². The highest BCUT2D eigenvalue weighted by atomic mass is 19.1. The van der Waals surface area contributed by atoms with Crippen molar-refractivity contribution in [2.45, 2.75) is 13.3 Å². The van der Waals surface area contributed by atoms with Gasteiger partial charge in [-0.15, -0.1) is 0 Å². The smallest absolute Gasteiger partial charge is 0.182 e. The Labute approximate surface area is 124 Å². The van der Waals surface area contributed by atoms with E-state index in [1.54, 1.807) is 6.08 Å². The molecule has 0 radical (unpaired) electrons. The van der Waals surface area contributed by atoms with Crippen LogP contribution in [0.4, 0.5) is 8.78 Å². The lowest BCUT2D eigenvalue weighted by Crippen LogP contribution is -1.90. The Balaban J connectivity index is 5.15. The predicted molar refractivity (Wildman–Crippen MR) is 83.3 cm³/mol. The lowest BCUT2D eigenvalue weighted by Gasteiger charge is -2.01. The minimum atomic E-state index is -0.735. The highest BCUT2D eigenvalue weighted by molar-refractivity contribution is 5.81. The summed E-state index contributed by atoms with van der Waals surface area (Å²) in [6.07, 6.45) is 7.76. The van der Waals surface area contributed by atoms with E-state index in [9.17, 15) is 13.6 Å². The van der Waals surface area contributed by atoms with Crippen molar-refractivity contribution < 1.29 is 13.6 Å². The summed E-state index contributed by atoms with van der Waals surface area (Å²) in [5, 5.41) is 0. The molecule has 0 heterocycles. The van der Waals surface area contributed by atoms with Gasteiger partial charge in [0, 0.05) is 18.2 Å². The predicted octanol–water partition coefficient (Wildman–Crippen LogP) is 4.04. The van der Waals surface area contributed by atoms with Gasteiger partial charge < -0.3 is 0 Å². The number of alkyl halides is 1. The van der Waals surface area contributed by atoms with Crippen LogP contribution in [0.15, 0.2) is 65.1 Å². The van der Waals surface area contributed by atoms with Crippen molar-refractivity contribution in [1.29, 1.82) is 0 Å². The summed E-state index contributed by atoms with van der Waals surface area (Å²) in [6.45, 7) is 7.85. The summed E-state index contributed by atoms with van der Waals surface area (Å²) in [6, 6.07) is 0. The summed E-state index contributed by atoms with van der Waals surface area (Å²) in [5.41, 5.74) is 0.586. The Morgan fingerprint density at radius 2 is 2.14 bits per heavy atom.